The topological polar surface area (TPSA) is 41.1 Å². The SMILES string of the molecule is CCC(C)CNC(=O)C1(C)CC(C)(C)NC(C)(C)C1. The van der Waals surface area contributed by atoms with Crippen LogP contribution in [-0.4, -0.2) is 23.5 Å². The van der Waals surface area contributed by atoms with Gasteiger partial charge in [0.25, 0.3) is 0 Å². The summed E-state index contributed by atoms with van der Waals surface area (Å²) in [6.45, 7) is 16.0. The van der Waals surface area contributed by atoms with Crippen LogP contribution < -0.4 is 10.6 Å². The average molecular weight is 268 g/mol. The third kappa shape index (κ3) is 4.48. The number of piperidine rings is 1. The summed E-state index contributed by atoms with van der Waals surface area (Å²) in [5, 5.41) is 6.79. The summed E-state index contributed by atoms with van der Waals surface area (Å²) in [6.07, 6.45) is 2.88. The van der Waals surface area contributed by atoms with Crippen LogP contribution in [0.2, 0.25) is 0 Å². The molecule has 1 atom stereocenters. The quantitative estimate of drug-likeness (QED) is 0.822. The maximum Gasteiger partial charge on any atom is 0.226 e. The van der Waals surface area contributed by atoms with Gasteiger partial charge in [-0.25, -0.2) is 0 Å². The van der Waals surface area contributed by atoms with Crippen LogP contribution in [0.1, 0.15) is 67.7 Å². The Morgan fingerprint density at radius 2 is 1.63 bits per heavy atom. The summed E-state index contributed by atoms with van der Waals surface area (Å²) in [5.41, 5.74) is -0.264. The highest BCUT2D eigenvalue weighted by atomic mass is 16.2. The van der Waals surface area contributed by atoms with Gasteiger partial charge < -0.3 is 10.6 Å². The van der Waals surface area contributed by atoms with E-state index in [0.717, 1.165) is 25.8 Å². The van der Waals surface area contributed by atoms with E-state index in [-0.39, 0.29) is 22.4 Å². The molecule has 0 aliphatic carbocycles. The van der Waals surface area contributed by atoms with Crippen molar-refractivity contribution in [3.63, 3.8) is 0 Å². The Bertz CT molecular complexity index is 318. The minimum absolute atomic E-state index is 0.00418. The molecular weight excluding hydrogens is 236 g/mol. The highest BCUT2D eigenvalue weighted by molar-refractivity contribution is 5.82. The van der Waals surface area contributed by atoms with Crippen LogP contribution in [0.3, 0.4) is 0 Å². The van der Waals surface area contributed by atoms with Crippen LogP contribution in [0.4, 0.5) is 0 Å². The van der Waals surface area contributed by atoms with Gasteiger partial charge in [0.15, 0.2) is 0 Å². The van der Waals surface area contributed by atoms with Crippen molar-refractivity contribution in [1.29, 1.82) is 0 Å². The standard InChI is InChI=1S/C16H32N2O/c1-8-12(2)9-17-13(19)16(7)10-14(3,4)18-15(5,6)11-16/h12,18H,8-11H2,1-7H3,(H,17,19). The number of amides is 1. The van der Waals surface area contributed by atoms with Gasteiger partial charge in [0.2, 0.25) is 5.91 Å². The van der Waals surface area contributed by atoms with Crippen molar-refractivity contribution in [2.45, 2.75) is 78.8 Å². The predicted molar refractivity (Wildman–Crippen MR) is 81.1 cm³/mol. The average Bonchev–Trinajstić information content (AvgIpc) is 2.19. The lowest BCUT2D eigenvalue weighted by molar-refractivity contribution is -0.135. The number of nitrogens with one attached hydrogen (secondary N) is 2. The minimum atomic E-state index is -0.272. The lowest BCUT2D eigenvalue weighted by Gasteiger charge is -2.50. The smallest absolute Gasteiger partial charge is 0.226 e. The Morgan fingerprint density at radius 1 is 1.16 bits per heavy atom. The van der Waals surface area contributed by atoms with E-state index in [2.05, 4.69) is 59.1 Å². The maximum absolute atomic E-state index is 12.6. The van der Waals surface area contributed by atoms with Crippen molar-refractivity contribution in [2.24, 2.45) is 11.3 Å². The highest BCUT2D eigenvalue weighted by Crippen LogP contribution is 2.42. The molecule has 0 radical (unpaired) electrons. The van der Waals surface area contributed by atoms with Crippen LogP contribution in [0, 0.1) is 11.3 Å². The first-order valence-electron chi connectivity index (χ1n) is 7.57. The van der Waals surface area contributed by atoms with Crippen molar-refractivity contribution in [1.82, 2.24) is 10.6 Å². The van der Waals surface area contributed by atoms with E-state index in [1.807, 2.05) is 0 Å². The Kier molecular flexibility index (Phi) is 4.71. The van der Waals surface area contributed by atoms with Crippen molar-refractivity contribution < 1.29 is 4.79 Å². The molecular formula is C16H32N2O. The molecule has 1 fully saturated rings. The summed E-state index contributed by atoms with van der Waals surface area (Å²) in [5.74, 6) is 0.769. The molecule has 2 N–H and O–H groups in total. The number of hydrogen-bond donors (Lipinski definition) is 2. The van der Waals surface area contributed by atoms with E-state index in [9.17, 15) is 4.79 Å². The molecule has 1 amide bonds. The molecule has 3 nitrogen and oxygen atoms in total. The zero-order valence-corrected chi connectivity index (χ0v) is 13.8. The first-order chi connectivity index (χ1) is 8.50. The third-order valence-corrected chi connectivity index (χ3v) is 4.20. The van der Waals surface area contributed by atoms with Crippen LogP contribution >= 0.6 is 0 Å². The van der Waals surface area contributed by atoms with Gasteiger partial charge in [-0.15, -0.1) is 0 Å². The predicted octanol–water partition coefficient (Wildman–Crippen LogP) is 3.10. The Morgan fingerprint density at radius 3 is 2.05 bits per heavy atom. The van der Waals surface area contributed by atoms with Crippen LogP contribution in [-0.2, 0) is 4.79 Å². The van der Waals surface area contributed by atoms with Gasteiger partial charge in [-0.2, -0.15) is 0 Å². The van der Waals surface area contributed by atoms with E-state index in [1.54, 1.807) is 0 Å². The molecule has 0 spiro atoms. The van der Waals surface area contributed by atoms with E-state index < -0.39 is 0 Å². The fourth-order valence-corrected chi connectivity index (χ4v) is 3.80. The number of rotatable bonds is 4. The molecule has 1 rings (SSSR count). The van der Waals surface area contributed by atoms with E-state index in [1.165, 1.54) is 0 Å². The van der Waals surface area contributed by atoms with Crippen molar-refractivity contribution in [3.8, 4) is 0 Å². The molecule has 0 saturated carbocycles. The lowest BCUT2D eigenvalue weighted by atomic mass is 9.66. The fourth-order valence-electron chi connectivity index (χ4n) is 3.80. The zero-order valence-electron chi connectivity index (χ0n) is 13.8. The van der Waals surface area contributed by atoms with Crippen molar-refractivity contribution >= 4 is 5.91 Å². The molecule has 0 aromatic carbocycles. The molecule has 112 valence electrons. The molecule has 1 aliphatic rings. The van der Waals surface area contributed by atoms with E-state index in [0.29, 0.717) is 5.92 Å². The first-order valence-corrected chi connectivity index (χ1v) is 7.57. The minimum Gasteiger partial charge on any atom is -0.355 e. The summed E-state index contributed by atoms with van der Waals surface area (Å²) in [6, 6.07) is 0. The lowest BCUT2D eigenvalue weighted by Crippen LogP contribution is -2.63. The summed E-state index contributed by atoms with van der Waals surface area (Å²) in [4.78, 5) is 12.6. The van der Waals surface area contributed by atoms with Gasteiger partial charge in [-0.1, -0.05) is 27.2 Å². The monoisotopic (exact) mass is 268 g/mol. The van der Waals surface area contributed by atoms with Crippen molar-refractivity contribution in [3.05, 3.63) is 0 Å². The summed E-state index contributed by atoms with van der Waals surface area (Å²) in [7, 11) is 0. The van der Waals surface area contributed by atoms with Gasteiger partial charge in [0.1, 0.15) is 0 Å². The number of hydrogen-bond acceptors (Lipinski definition) is 2. The maximum atomic E-state index is 12.6. The van der Waals surface area contributed by atoms with Gasteiger partial charge >= 0.3 is 0 Å². The van der Waals surface area contributed by atoms with Gasteiger partial charge in [-0.05, 0) is 46.5 Å². The Hall–Kier alpha value is -0.570. The van der Waals surface area contributed by atoms with Crippen LogP contribution in [0.15, 0.2) is 0 Å². The van der Waals surface area contributed by atoms with E-state index >= 15 is 0 Å². The largest absolute Gasteiger partial charge is 0.355 e. The van der Waals surface area contributed by atoms with Crippen LogP contribution in [0.25, 0.3) is 0 Å². The van der Waals surface area contributed by atoms with E-state index in [4.69, 9.17) is 0 Å². The summed E-state index contributed by atoms with van der Waals surface area (Å²) < 4.78 is 0. The zero-order chi connectivity index (χ0) is 14.9. The Labute approximate surface area is 118 Å². The molecule has 0 aromatic rings. The molecule has 0 bridgehead atoms. The van der Waals surface area contributed by atoms with Crippen LogP contribution in [0.5, 0.6) is 0 Å². The third-order valence-electron chi connectivity index (χ3n) is 4.20. The molecule has 19 heavy (non-hydrogen) atoms. The van der Waals surface area contributed by atoms with Gasteiger partial charge in [0.05, 0.1) is 0 Å². The molecule has 1 heterocycles. The molecule has 3 heteroatoms. The van der Waals surface area contributed by atoms with Gasteiger partial charge in [0, 0.05) is 23.0 Å². The second-order valence-corrected chi connectivity index (χ2v) is 8.03. The molecule has 0 aromatic heterocycles. The highest BCUT2D eigenvalue weighted by Gasteiger charge is 2.48. The van der Waals surface area contributed by atoms with Crippen molar-refractivity contribution in [2.75, 3.05) is 6.54 Å². The Balaban J connectivity index is 2.75. The number of carbonyl (C=O) groups excluding carboxylic acids is 1. The molecule has 1 unspecified atom stereocenters. The second kappa shape index (κ2) is 5.43. The second-order valence-electron chi connectivity index (χ2n) is 8.03. The number of carbonyl (C=O) groups is 1. The van der Waals surface area contributed by atoms with Gasteiger partial charge in [-0.3, -0.25) is 4.79 Å². The fraction of sp³-hybridized carbons (Fsp3) is 0.938. The molecule has 1 aliphatic heterocycles. The normalized spacial score (nSPS) is 25.6. The molecule has 1 saturated heterocycles. The summed E-state index contributed by atoms with van der Waals surface area (Å²) >= 11 is 0. The first kappa shape index (κ1) is 16.5.